The molecule has 0 unspecified atom stereocenters. The first-order valence-corrected chi connectivity index (χ1v) is 10.1. The highest BCUT2D eigenvalue weighted by Gasteiger charge is 2.64. The molecular formula is C22H25N3O7. The lowest BCUT2D eigenvalue weighted by atomic mass is 9.57. The number of aliphatic hydroxyl groups excluding tert-OH is 2. The van der Waals surface area contributed by atoms with Crippen molar-refractivity contribution in [2.75, 3.05) is 14.1 Å². The van der Waals surface area contributed by atoms with Crippen LogP contribution in [-0.4, -0.2) is 68.5 Å². The fraction of sp³-hybridized carbons (Fsp3) is 0.409. The molecule has 10 nitrogen and oxygen atoms in total. The maximum Gasteiger partial charge on any atom is 0.255 e. The summed E-state index contributed by atoms with van der Waals surface area (Å²) in [4.78, 5) is 40.0. The number of primary amides is 1. The zero-order valence-corrected chi connectivity index (χ0v) is 17.6. The van der Waals surface area contributed by atoms with E-state index in [-0.39, 0.29) is 36.3 Å². The number of carbonyl (C=O) groups excluding carboxylic acids is 3. The molecule has 0 aliphatic heterocycles. The van der Waals surface area contributed by atoms with E-state index in [0.29, 0.717) is 11.1 Å². The van der Waals surface area contributed by atoms with Gasteiger partial charge in [0.05, 0.1) is 11.6 Å². The summed E-state index contributed by atoms with van der Waals surface area (Å²) < 4.78 is 0. The van der Waals surface area contributed by atoms with Crippen LogP contribution in [0.2, 0.25) is 0 Å². The van der Waals surface area contributed by atoms with Gasteiger partial charge in [0.2, 0.25) is 5.78 Å². The summed E-state index contributed by atoms with van der Waals surface area (Å²) in [6.45, 7) is 0.142. The van der Waals surface area contributed by atoms with Gasteiger partial charge in [0.1, 0.15) is 22.8 Å². The van der Waals surface area contributed by atoms with Gasteiger partial charge in [-0.1, -0.05) is 6.07 Å². The van der Waals surface area contributed by atoms with Gasteiger partial charge in [-0.2, -0.15) is 0 Å². The van der Waals surface area contributed by atoms with E-state index in [9.17, 15) is 34.8 Å². The highest BCUT2D eigenvalue weighted by Crippen LogP contribution is 2.52. The second-order valence-corrected chi connectivity index (χ2v) is 8.76. The topological polar surface area (TPSA) is 187 Å². The van der Waals surface area contributed by atoms with Crippen LogP contribution in [0.15, 0.2) is 29.0 Å². The van der Waals surface area contributed by atoms with Crippen molar-refractivity contribution in [2.45, 2.75) is 31.0 Å². The van der Waals surface area contributed by atoms with Crippen LogP contribution in [0.5, 0.6) is 5.75 Å². The molecule has 4 atom stereocenters. The predicted octanol–water partition coefficient (Wildman–Crippen LogP) is -0.577. The van der Waals surface area contributed by atoms with Crippen molar-refractivity contribution in [3.8, 4) is 5.75 Å². The quantitative estimate of drug-likeness (QED) is 0.332. The summed E-state index contributed by atoms with van der Waals surface area (Å²) in [5.74, 6) is -6.66. The normalized spacial score (nSPS) is 29.7. The fourth-order valence-corrected chi connectivity index (χ4v) is 5.50. The molecule has 0 bridgehead atoms. The minimum Gasteiger partial charge on any atom is -0.508 e. The van der Waals surface area contributed by atoms with Crippen molar-refractivity contribution >= 4 is 23.2 Å². The number of ketones is 2. The number of hydrogen-bond acceptors (Lipinski definition) is 9. The van der Waals surface area contributed by atoms with E-state index in [1.807, 2.05) is 0 Å². The molecule has 32 heavy (non-hydrogen) atoms. The molecule has 0 radical (unpaired) electrons. The van der Waals surface area contributed by atoms with Crippen LogP contribution in [0.25, 0.3) is 5.76 Å². The van der Waals surface area contributed by atoms with Gasteiger partial charge in [0.15, 0.2) is 11.4 Å². The third-order valence-electron chi connectivity index (χ3n) is 6.92. The van der Waals surface area contributed by atoms with Gasteiger partial charge < -0.3 is 31.9 Å². The molecule has 10 heteroatoms. The first-order valence-electron chi connectivity index (χ1n) is 10.1. The zero-order chi connectivity index (χ0) is 23.7. The number of likely N-dealkylation sites (N-methyl/N-ethyl adjacent to an activating group) is 1. The molecule has 170 valence electrons. The van der Waals surface area contributed by atoms with Crippen molar-refractivity contribution in [1.82, 2.24) is 4.90 Å². The number of carbonyl (C=O) groups is 3. The molecule has 0 spiro atoms. The van der Waals surface area contributed by atoms with Crippen LogP contribution in [0.4, 0.5) is 0 Å². The number of hydrogen-bond donors (Lipinski definition) is 6. The Hall–Kier alpha value is -3.21. The molecule has 3 aliphatic rings. The second kappa shape index (κ2) is 7.16. The SMILES string of the molecule is CN(C)[C@@H]1C(=O)C(C(N)=O)=C(O)[C@@]2(O)C(=O)C3=C(O)c4c(O)ccc(CN)c4C[C@H]3C[C@@H]12. The van der Waals surface area contributed by atoms with E-state index in [1.165, 1.54) is 11.0 Å². The Morgan fingerprint density at radius 2 is 1.88 bits per heavy atom. The summed E-state index contributed by atoms with van der Waals surface area (Å²) in [5, 5.41) is 43.6. The van der Waals surface area contributed by atoms with E-state index in [0.717, 1.165) is 0 Å². The van der Waals surface area contributed by atoms with E-state index < -0.39 is 58.0 Å². The van der Waals surface area contributed by atoms with Gasteiger partial charge in [0.25, 0.3) is 5.91 Å². The molecule has 1 fully saturated rings. The number of rotatable bonds is 3. The molecule has 0 aromatic heterocycles. The van der Waals surface area contributed by atoms with Crippen LogP contribution in [-0.2, 0) is 27.3 Å². The van der Waals surface area contributed by atoms with Gasteiger partial charge in [-0.25, -0.2) is 0 Å². The monoisotopic (exact) mass is 443 g/mol. The number of phenolic OH excluding ortho intramolecular Hbond substituents is 1. The van der Waals surface area contributed by atoms with E-state index in [4.69, 9.17) is 11.5 Å². The minimum atomic E-state index is -2.63. The molecule has 0 saturated heterocycles. The first kappa shape index (κ1) is 22.0. The number of fused-ring (bicyclic) bond motifs is 3. The number of aliphatic hydroxyl groups is 3. The number of Topliss-reactive ketones (excluding diaryl/α,β-unsaturated/α-hetero) is 2. The van der Waals surface area contributed by atoms with Gasteiger partial charge in [-0.05, 0) is 50.0 Å². The van der Waals surface area contributed by atoms with E-state index in [1.54, 1.807) is 20.2 Å². The second-order valence-electron chi connectivity index (χ2n) is 8.76. The summed E-state index contributed by atoms with van der Waals surface area (Å²) in [6, 6.07) is 1.88. The highest BCUT2D eigenvalue weighted by atomic mass is 16.3. The predicted molar refractivity (Wildman–Crippen MR) is 112 cm³/mol. The molecule has 1 aromatic carbocycles. The average Bonchev–Trinajstić information content (AvgIpc) is 2.70. The molecule has 1 saturated carbocycles. The molecule has 4 rings (SSSR count). The highest BCUT2D eigenvalue weighted by molar-refractivity contribution is 6.24. The van der Waals surface area contributed by atoms with Gasteiger partial charge >= 0.3 is 0 Å². The third kappa shape index (κ3) is 2.66. The number of nitrogens with zero attached hydrogens (tertiary/aromatic N) is 1. The molecule has 0 heterocycles. The average molecular weight is 443 g/mol. The van der Waals surface area contributed by atoms with Crippen molar-refractivity contribution in [3.63, 3.8) is 0 Å². The summed E-state index contributed by atoms with van der Waals surface area (Å²) in [7, 11) is 3.11. The number of nitrogens with two attached hydrogens (primary N) is 2. The van der Waals surface area contributed by atoms with E-state index >= 15 is 0 Å². The van der Waals surface area contributed by atoms with Crippen LogP contribution >= 0.6 is 0 Å². The van der Waals surface area contributed by atoms with Crippen molar-refractivity contribution in [1.29, 1.82) is 0 Å². The maximum atomic E-state index is 13.6. The first-order chi connectivity index (χ1) is 15.0. The van der Waals surface area contributed by atoms with Crippen LogP contribution in [0.1, 0.15) is 23.1 Å². The van der Waals surface area contributed by atoms with Gasteiger partial charge in [-0.3, -0.25) is 19.3 Å². The zero-order valence-electron chi connectivity index (χ0n) is 17.6. The standard InChI is InChI=1S/C22H25N3O7/c1-25(2)16-11-6-9-5-10-8(7-23)3-4-12(26)14(10)17(27)13(9)19(29)22(11,32)20(30)15(18(16)28)21(24)31/h3-4,9,11,16,26-27,30,32H,5-7,23H2,1-2H3,(H2,24,31)/t9-,11-,16-,22-/m0/s1. The van der Waals surface area contributed by atoms with Crippen LogP contribution in [0.3, 0.4) is 0 Å². The Labute approximate surface area is 183 Å². The maximum absolute atomic E-state index is 13.6. The molecule has 8 N–H and O–H groups in total. The number of aromatic hydroxyl groups is 1. The van der Waals surface area contributed by atoms with Crippen molar-refractivity contribution in [2.24, 2.45) is 23.3 Å². The van der Waals surface area contributed by atoms with Gasteiger partial charge in [-0.15, -0.1) is 0 Å². The van der Waals surface area contributed by atoms with Crippen LogP contribution < -0.4 is 11.5 Å². The Morgan fingerprint density at radius 3 is 2.44 bits per heavy atom. The third-order valence-corrected chi connectivity index (χ3v) is 6.92. The summed E-state index contributed by atoms with van der Waals surface area (Å²) in [5.41, 5.74) is 8.76. The lowest BCUT2D eigenvalue weighted by Crippen LogP contribution is -2.65. The lowest BCUT2D eigenvalue weighted by Gasteiger charge is -2.50. The van der Waals surface area contributed by atoms with E-state index in [2.05, 4.69) is 0 Å². The molecular weight excluding hydrogens is 418 g/mol. The summed E-state index contributed by atoms with van der Waals surface area (Å²) in [6.07, 6.45) is 0.279. The largest absolute Gasteiger partial charge is 0.508 e. The number of phenols is 1. The molecule has 1 amide bonds. The number of benzene rings is 1. The van der Waals surface area contributed by atoms with Crippen molar-refractivity contribution < 1.29 is 34.8 Å². The Kier molecular flexibility index (Phi) is 4.92. The van der Waals surface area contributed by atoms with Crippen LogP contribution in [0, 0.1) is 11.8 Å². The lowest BCUT2D eigenvalue weighted by molar-refractivity contribution is -0.153. The smallest absolute Gasteiger partial charge is 0.255 e. The fourth-order valence-electron chi connectivity index (χ4n) is 5.50. The Balaban J connectivity index is 1.99. The Morgan fingerprint density at radius 1 is 1.22 bits per heavy atom. The molecule has 3 aliphatic carbocycles. The Bertz CT molecular complexity index is 1140. The minimum absolute atomic E-state index is 0.0456. The number of amides is 1. The van der Waals surface area contributed by atoms with Gasteiger partial charge in [0, 0.05) is 18.0 Å². The molecule has 1 aromatic rings. The summed E-state index contributed by atoms with van der Waals surface area (Å²) >= 11 is 0. The van der Waals surface area contributed by atoms with Crippen molar-refractivity contribution in [3.05, 3.63) is 45.7 Å².